The van der Waals surface area contributed by atoms with Crippen LogP contribution in [0.1, 0.15) is 30.0 Å². The molecule has 1 aliphatic heterocycles. The van der Waals surface area contributed by atoms with Gasteiger partial charge in [0.15, 0.2) is 0 Å². The van der Waals surface area contributed by atoms with Gasteiger partial charge in [-0.3, -0.25) is 4.90 Å². The number of hydrogen-bond donors (Lipinski definition) is 1. The van der Waals surface area contributed by atoms with Crippen molar-refractivity contribution in [1.82, 2.24) is 4.90 Å². The molecule has 19 heavy (non-hydrogen) atoms. The van der Waals surface area contributed by atoms with Crippen LogP contribution in [0.3, 0.4) is 0 Å². The molecule has 2 nitrogen and oxygen atoms in total. The number of phenolic OH excluding ortho intramolecular Hbond substituents is 1. The second-order valence-corrected chi connectivity index (χ2v) is 5.12. The maximum absolute atomic E-state index is 10.2. The van der Waals surface area contributed by atoms with Gasteiger partial charge in [0.1, 0.15) is 5.75 Å². The van der Waals surface area contributed by atoms with E-state index in [9.17, 15) is 5.11 Å². The van der Waals surface area contributed by atoms with Crippen LogP contribution in [-0.4, -0.2) is 23.1 Å². The smallest absolute Gasteiger partial charge is 0.120 e. The summed E-state index contributed by atoms with van der Waals surface area (Å²) >= 11 is 0. The predicted molar refractivity (Wildman–Crippen MR) is 77.2 cm³/mol. The zero-order valence-corrected chi connectivity index (χ0v) is 11.0. The van der Waals surface area contributed by atoms with Crippen molar-refractivity contribution >= 4 is 0 Å². The molecule has 1 atom stereocenters. The van der Waals surface area contributed by atoms with E-state index in [1.165, 1.54) is 18.4 Å². The number of para-hydroxylation sites is 1. The average Bonchev–Trinajstić information content (AvgIpc) is 2.96. The van der Waals surface area contributed by atoms with E-state index in [-0.39, 0.29) is 6.04 Å². The van der Waals surface area contributed by atoms with Gasteiger partial charge in [0.2, 0.25) is 0 Å². The average molecular weight is 253 g/mol. The summed E-state index contributed by atoms with van der Waals surface area (Å²) in [7, 11) is 0. The van der Waals surface area contributed by atoms with Gasteiger partial charge in [-0.25, -0.2) is 0 Å². The Kier molecular flexibility index (Phi) is 3.51. The lowest BCUT2D eigenvalue weighted by atomic mass is 9.96. The summed E-state index contributed by atoms with van der Waals surface area (Å²) in [5.74, 6) is 0.392. The molecule has 0 unspecified atom stereocenters. The van der Waals surface area contributed by atoms with Crippen LogP contribution in [0.4, 0.5) is 0 Å². The number of rotatable bonds is 3. The van der Waals surface area contributed by atoms with Crippen molar-refractivity contribution in [2.45, 2.75) is 18.9 Å². The van der Waals surface area contributed by atoms with Crippen molar-refractivity contribution < 1.29 is 5.11 Å². The maximum Gasteiger partial charge on any atom is 0.120 e. The molecule has 2 aromatic carbocycles. The largest absolute Gasteiger partial charge is 0.508 e. The van der Waals surface area contributed by atoms with E-state index in [0.29, 0.717) is 5.75 Å². The fraction of sp³-hybridized carbons (Fsp3) is 0.294. The minimum absolute atomic E-state index is 0.171. The first kappa shape index (κ1) is 12.2. The van der Waals surface area contributed by atoms with Gasteiger partial charge in [-0.1, -0.05) is 48.5 Å². The third-order valence-electron chi connectivity index (χ3n) is 3.85. The molecule has 0 aromatic heterocycles. The molecule has 0 radical (unpaired) electrons. The highest BCUT2D eigenvalue weighted by molar-refractivity contribution is 5.40. The van der Waals surface area contributed by atoms with Gasteiger partial charge in [0, 0.05) is 5.56 Å². The Morgan fingerprint density at radius 3 is 2.16 bits per heavy atom. The van der Waals surface area contributed by atoms with Crippen LogP contribution in [0.5, 0.6) is 5.75 Å². The summed E-state index contributed by atoms with van der Waals surface area (Å²) in [4.78, 5) is 2.46. The standard InChI is InChI=1S/C17H19NO/c19-16-11-5-4-10-15(16)17(18-12-6-7-13-18)14-8-2-1-3-9-14/h1-5,8-11,17,19H,6-7,12-13H2/t17-/m1/s1. The first-order valence-electron chi connectivity index (χ1n) is 6.93. The van der Waals surface area contributed by atoms with Crippen LogP contribution >= 0.6 is 0 Å². The molecule has 1 saturated heterocycles. The lowest BCUT2D eigenvalue weighted by Crippen LogP contribution is -2.26. The number of benzene rings is 2. The van der Waals surface area contributed by atoms with Gasteiger partial charge < -0.3 is 5.11 Å². The number of hydrogen-bond acceptors (Lipinski definition) is 2. The summed E-state index contributed by atoms with van der Waals surface area (Å²) in [6, 6.07) is 18.3. The monoisotopic (exact) mass is 253 g/mol. The fourth-order valence-electron chi connectivity index (χ4n) is 2.94. The predicted octanol–water partition coefficient (Wildman–Crippen LogP) is 3.58. The molecule has 3 rings (SSSR count). The molecular weight excluding hydrogens is 234 g/mol. The molecule has 1 fully saturated rings. The number of nitrogens with zero attached hydrogens (tertiary/aromatic N) is 1. The normalized spacial score (nSPS) is 17.5. The SMILES string of the molecule is Oc1ccccc1[C@@H](c1ccccc1)N1CCCC1. The quantitative estimate of drug-likeness (QED) is 0.903. The van der Waals surface area contributed by atoms with Gasteiger partial charge >= 0.3 is 0 Å². The van der Waals surface area contributed by atoms with Crippen LogP contribution in [-0.2, 0) is 0 Å². The highest BCUT2D eigenvalue weighted by Gasteiger charge is 2.26. The molecule has 2 heteroatoms. The number of phenols is 1. The first-order chi connectivity index (χ1) is 9.36. The zero-order valence-electron chi connectivity index (χ0n) is 11.0. The topological polar surface area (TPSA) is 23.5 Å². The van der Waals surface area contributed by atoms with Crippen molar-refractivity contribution in [2.75, 3.05) is 13.1 Å². The third-order valence-corrected chi connectivity index (χ3v) is 3.85. The highest BCUT2D eigenvalue weighted by atomic mass is 16.3. The molecule has 0 saturated carbocycles. The second-order valence-electron chi connectivity index (χ2n) is 5.12. The molecule has 2 aromatic rings. The van der Waals surface area contributed by atoms with E-state index in [2.05, 4.69) is 29.2 Å². The van der Waals surface area contributed by atoms with Crippen LogP contribution in [0.2, 0.25) is 0 Å². The van der Waals surface area contributed by atoms with Crippen LogP contribution < -0.4 is 0 Å². The van der Waals surface area contributed by atoms with Crippen molar-refractivity contribution in [3.63, 3.8) is 0 Å². The molecule has 1 N–H and O–H groups in total. The Balaban J connectivity index is 2.04. The van der Waals surface area contributed by atoms with E-state index < -0.39 is 0 Å². The molecular formula is C17H19NO. The highest BCUT2D eigenvalue weighted by Crippen LogP contribution is 2.35. The second kappa shape index (κ2) is 5.45. The van der Waals surface area contributed by atoms with E-state index in [1.54, 1.807) is 6.07 Å². The van der Waals surface area contributed by atoms with Crippen LogP contribution in [0.15, 0.2) is 54.6 Å². The maximum atomic E-state index is 10.2. The van der Waals surface area contributed by atoms with E-state index in [4.69, 9.17) is 0 Å². The van der Waals surface area contributed by atoms with Crippen LogP contribution in [0.25, 0.3) is 0 Å². The Morgan fingerprint density at radius 1 is 0.842 bits per heavy atom. The Bertz CT molecular complexity index is 532. The van der Waals surface area contributed by atoms with E-state index in [0.717, 1.165) is 18.7 Å². The molecule has 1 heterocycles. The summed E-state index contributed by atoms with van der Waals surface area (Å²) in [5, 5.41) is 10.2. The minimum atomic E-state index is 0.171. The van der Waals surface area contributed by atoms with E-state index in [1.807, 2.05) is 24.3 Å². The summed E-state index contributed by atoms with van der Waals surface area (Å²) in [6.45, 7) is 2.21. The molecule has 0 spiro atoms. The number of aromatic hydroxyl groups is 1. The van der Waals surface area contributed by atoms with Gasteiger partial charge in [-0.15, -0.1) is 0 Å². The van der Waals surface area contributed by atoms with Gasteiger partial charge in [-0.05, 0) is 37.6 Å². The molecule has 98 valence electrons. The lowest BCUT2D eigenvalue weighted by Gasteiger charge is -2.29. The van der Waals surface area contributed by atoms with Crippen molar-refractivity contribution in [3.8, 4) is 5.75 Å². The first-order valence-corrected chi connectivity index (χ1v) is 6.93. The minimum Gasteiger partial charge on any atom is -0.508 e. The zero-order chi connectivity index (χ0) is 13.1. The Labute approximate surface area is 114 Å². The molecule has 0 bridgehead atoms. The molecule has 0 aliphatic carbocycles. The molecule has 0 amide bonds. The summed E-state index contributed by atoms with van der Waals surface area (Å²) < 4.78 is 0. The van der Waals surface area contributed by atoms with Gasteiger partial charge in [0.05, 0.1) is 6.04 Å². The van der Waals surface area contributed by atoms with Gasteiger partial charge in [-0.2, -0.15) is 0 Å². The Morgan fingerprint density at radius 2 is 1.47 bits per heavy atom. The van der Waals surface area contributed by atoms with Crippen molar-refractivity contribution in [2.24, 2.45) is 0 Å². The summed E-state index contributed by atoms with van der Waals surface area (Å²) in [5.41, 5.74) is 2.27. The Hall–Kier alpha value is -1.80. The van der Waals surface area contributed by atoms with Crippen LogP contribution in [0, 0.1) is 0 Å². The van der Waals surface area contributed by atoms with Crippen molar-refractivity contribution in [3.05, 3.63) is 65.7 Å². The third kappa shape index (κ3) is 2.49. The number of likely N-dealkylation sites (tertiary alicyclic amines) is 1. The molecule has 1 aliphatic rings. The summed E-state index contributed by atoms with van der Waals surface area (Å²) in [6.07, 6.45) is 2.49. The van der Waals surface area contributed by atoms with E-state index >= 15 is 0 Å². The van der Waals surface area contributed by atoms with Gasteiger partial charge in [0.25, 0.3) is 0 Å². The fourth-order valence-corrected chi connectivity index (χ4v) is 2.94. The van der Waals surface area contributed by atoms with Crippen molar-refractivity contribution in [1.29, 1.82) is 0 Å². The lowest BCUT2D eigenvalue weighted by molar-refractivity contribution is 0.275.